The van der Waals surface area contributed by atoms with Crippen molar-refractivity contribution in [3.8, 4) is 0 Å². The van der Waals surface area contributed by atoms with E-state index in [1.807, 2.05) is 0 Å². The quantitative estimate of drug-likeness (QED) is 0.567. The molecule has 0 spiro atoms. The molecule has 7 nitrogen and oxygen atoms in total. The zero-order valence-corrected chi connectivity index (χ0v) is 10.0. The minimum atomic E-state index is -1.09. The Bertz CT molecular complexity index is 392. The maximum Gasteiger partial charge on any atom is 0.305 e. The lowest BCUT2D eigenvalue weighted by molar-refractivity contribution is -0.151. The van der Waals surface area contributed by atoms with Gasteiger partial charge in [0.15, 0.2) is 0 Å². The number of nitrogens with one attached hydrogen (secondary N) is 1. The SMILES string of the molecule is NCC1(C(=O)N2CCNC(=O)C2CC(=O)O)CC1. The Morgan fingerprint density at radius 2 is 2.17 bits per heavy atom. The van der Waals surface area contributed by atoms with E-state index >= 15 is 0 Å². The number of carboxylic acids is 1. The van der Waals surface area contributed by atoms with Crippen molar-refractivity contribution in [3.63, 3.8) is 0 Å². The van der Waals surface area contributed by atoms with Crippen LogP contribution in [0.15, 0.2) is 0 Å². The van der Waals surface area contributed by atoms with Crippen LogP contribution in [0.2, 0.25) is 0 Å². The molecule has 7 heteroatoms. The van der Waals surface area contributed by atoms with Crippen LogP contribution in [0.25, 0.3) is 0 Å². The molecule has 2 fully saturated rings. The third-order valence-electron chi connectivity index (χ3n) is 3.66. The first-order valence-electron chi connectivity index (χ1n) is 6.01. The van der Waals surface area contributed by atoms with Crippen LogP contribution in [-0.2, 0) is 14.4 Å². The molecular formula is C11H17N3O4. The van der Waals surface area contributed by atoms with Crippen LogP contribution in [-0.4, -0.2) is 53.5 Å². The van der Waals surface area contributed by atoms with Crippen molar-refractivity contribution in [2.24, 2.45) is 11.1 Å². The lowest BCUT2D eigenvalue weighted by Gasteiger charge is -2.36. The molecule has 100 valence electrons. The van der Waals surface area contributed by atoms with E-state index in [0.29, 0.717) is 13.1 Å². The Labute approximate surface area is 104 Å². The fraction of sp³-hybridized carbons (Fsp3) is 0.727. The van der Waals surface area contributed by atoms with Crippen molar-refractivity contribution in [2.45, 2.75) is 25.3 Å². The van der Waals surface area contributed by atoms with Gasteiger partial charge in [-0.1, -0.05) is 0 Å². The normalized spacial score (nSPS) is 25.5. The number of piperazine rings is 1. The first-order valence-corrected chi connectivity index (χ1v) is 6.01. The molecule has 1 atom stereocenters. The van der Waals surface area contributed by atoms with Gasteiger partial charge in [0.25, 0.3) is 0 Å². The molecule has 1 aliphatic heterocycles. The Kier molecular flexibility index (Phi) is 3.25. The van der Waals surface area contributed by atoms with Gasteiger partial charge in [-0.15, -0.1) is 0 Å². The highest BCUT2D eigenvalue weighted by Gasteiger charge is 2.52. The predicted molar refractivity (Wildman–Crippen MR) is 61.5 cm³/mol. The van der Waals surface area contributed by atoms with E-state index < -0.39 is 23.3 Å². The van der Waals surface area contributed by atoms with E-state index in [9.17, 15) is 14.4 Å². The van der Waals surface area contributed by atoms with Gasteiger partial charge in [0.1, 0.15) is 6.04 Å². The molecule has 4 N–H and O–H groups in total. The summed E-state index contributed by atoms with van der Waals surface area (Å²) in [5.41, 5.74) is 5.05. The number of carbonyl (C=O) groups excluding carboxylic acids is 2. The highest BCUT2D eigenvalue weighted by Crippen LogP contribution is 2.46. The van der Waals surface area contributed by atoms with Gasteiger partial charge in [0.2, 0.25) is 11.8 Å². The fourth-order valence-corrected chi connectivity index (χ4v) is 2.29. The Morgan fingerprint density at radius 3 is 2.67 bits per heavy atom. The third-order valence-corrected chi connectivity index (χ3v) is 3.66. The van der Waals surface area contributed by atoms with Crippen LogP contribution in [0.5, 0.6) is 0 Å². The van der Waals surface area contributed by atoms with Gasteiger partial charge in [-0.25, -0.2) is 0 Å². The number of hydrogen-bond donors (Lipinski definition) is 3. The van der Waals surface area contributed by atoms with Crippen molar-refractivity contribution < 1.29 is 19.5 Å². The fourth-order valence-electron chi connectivity index (χ4n) is 2.29. The summed E-state index contributed by atoms with van der Waals surface area (Å²) >= 11 is 0. The van der Waals surface area contributed by atoms with E-state index in [4.69, 9.17) is 10.8 Å². The smallest absolute Gasteiger partial charge is 0.305 e. The predicted octanol–water partition coefficient (Wildman–Crippen LogP) is -1.47. The average molecular weight is 255 g/mol. The lowest BCUT2D eigenvalue weighted by atomic mass is 10.0. The van der Waals surface area contributed by atoms with E-state index in [2.05, 4.69) is 5.32 Å². The van der Waals surface area contributed by atoms with Crippen molar-refractivity contribution in [1.29, 1.82) is 0 Å². The molecule has 2 rings (SSSR count). The van der Waals surface area contributed by atoms with E-state index in [-0.39, 0.29) is 18.9 Å². The standard InChI is InChI=1S/C11H17N3O4/c12-6-11(1-2-11)10(18)14-4-3-13-9(17)7(14)5-8(15)16/h7H,1-6,12H2,(H,13,17)(H,15,16). The number of carbonyl (C=O) groups is 3. The van der Waals surface area contributed by atoms with Crippen LogP contribution < -0.4 is 11.1 Å². The molecule has 2 aliphatic rings. The summed E-state index contributed by atoms with van der Waals surface area (Å²) in [6.07, 6.45) is 1.08. The summed E-state index contributed by atoms with van der Waals surface area (Å²) in [4.78, 5) is 36.2. The number of hydrogen-bond acceptors (Lipinski definition) is 4. The molecule has 0 aromatic heterocycles. The molecule has 2 amide bonds. The molecule has 1 saturated heterocycles. The molecule has 1 aliphatic carbocycles. The summed E-state index contributed by atoms with van der Waals surface area (Å²) < 4.78 is 0. The van der Waals surface area contributed by atoms with Gasteiger partial charge < -0.3 is 21.1 Å². The molecule has 0 bridgehead atoms. The van der Waals surface area contributed by atoms with Crippen molar-refractivity contribution in [1.82, 2.24) is 10.2 Å². The number of amides is 2. The van der Waals surface area contributed by atoms with Gasteiger partial charge >= 0.3 is 5.97 Å². The topological polar surface area (TPSA) is 113 Å². The van der Waals surface area contributed by atoms with E-state index in [1.165, 1.54) is 4.90 Å². The van der Waals surface area contributed by atoms with Crippen molar-refractivity contribution in [2.75, 3.05) is 19.6 Å². The van der Waals surface area contributed by atoms with Crippen LogP contribution in [0.1, 0.15) is 19.3 Å². The van der Waals surface area contributed by atoms with Gasteiger partial charge in [-0.3, -0.25) is 14.4 Å². The summed E-state index contributed by atoms with van der Waals surface area (Å²) in [6, 6.07) is -0.909. The van der Waals surface area contributed by atoms with Gasteiger partial charge in [-0.05, 0) is 12.8 Å². The highest BCUT2D eigenvalue weighted by molar-refractivity contribution is 5.94. The van der Waals surface area contributed by atoms with Crippen molar-refractivity contribution in [3.05, 3.63) is 0 Å². The molecule has 1 heterocycles. The van der Waals surface area contributed by atoms with E-state index in [1.54, 1.807) is 0 Å². The average Bonchev–Trinajstić information content (AvgIpc) is 3.11. The highest BCUT2D eigenvalue weighted by atomic mass is 16.4. The number of rotatable bonds is 4. The molecule has 1 saturated carbocycles. The maximum atomic E-state index is 12.3. The molecule has 0 radical (unpaired) electrons. The lowest BCUT2D eigenvalue weighted by Crippen LogP contribution is -2.59. The molecule has 0 aromatic carbocycles. The number of aliphatic carboxylic acids is 1. The summed E-state index contributed by atoms with van der Waals surface area (Å²) in [5, 5.41) is 11.4. The summed E-state index contributed by atoms with van der Waals surface area (Å²) in [5.74, 6) is -1.66. The number of nitrogens with zero attached hydrogens (tertiary/aromatic N) is 1. The number of carboxylic acid groups (broad SMARTS) is 1. The second-order valence-corrected chi connectivity index (χ2v) is 4.89. The molecular weight excluding hydrogens is 238 g/mol. The first-order chi connectivity index (χ1) is 8.50. The van der Waals surface area contributed by atoms with E-state index in [0.717, 1.165) is 12.8 Å². The maximum absolute atomic E-state index is 12.3. The summed E-state index contributed by atoms with van der Waals surface area (Å²) in [7, 11) is 0. The van der Waals surface area contributed by atoms with Crippen LogP contribution in [0.4, 0.5) is 0 Å². The Morgan fingerprint density at radius 1 is 1.50 bits per heavy atom. The van der Waals surface area contributed by atoms with Gasteiger partial charge in [0, 0.05) is 19.6 Å². The van der Waals surface area contributed by atoms with Gasteiger partial charge in [-0.2, -0.15) is 0 Å². The monoisotopic (exact) mass is 255 g/mol. The van der Waals surface area contributed by atoms with Crippen LogP contribution >= 0.6 is 0 Å². The zero-order valence-electron chi connectivity index (χ0n) is 10.0. The van der Waals surface area contributed by atoms with Crippen LogP contribution in [0.3, 0.4) is 0 Å². The van der Waals surface area contributed by atoms with Crippen LogP contribution in [0, 0.1) is 5.41 Å². The first kappa shape index (κ1) is 12.8. The molecule has 0 aromatic rings. The minimum Gasteiger partial charge on any atom is -0.481 e. The molecule has 1 unspecified atom stereocenters. The van der Waals surface area contributed by atoms with Gasteiger partial charge in [0.05, 0.1) is 11.8 Å². The molecule has 18 heavy (non-hydrogen) atoms. The third kappa shape index (κ3) is 2.17. The Balaban J connectivity index is 2.15. The summed E-state index contributed by atoms with van der Waals surface area (Å²) in [6.45, 7) is 0.968. The largest absolute Gasteiger partial charge is 0.481 e. The second kappa shape index (κ2) is 4.56. The Hall–Kier alpha value is -1.63. The number of nitrogens with two attached hydrogens (primary N) is 1. The second-order valence-electron chi connectivity index (χ2n) is 4.89. The minimum absolute atomic E-state index is 0.175. The van der Waals surface area contributed by atoms with Crippen molar-refractivity contribution >= 4 is 17.8 Å². The zero-order chi connectivity index (χ0) is 13.3.